The molecule has 0 aliphatic heterocycles. The summed E-state index contributed by atoms with van der Waals surface area (Å²) in [6.45, 7) is 7.01. The molecule has 0 unspecified atom stereocenters. The zero-order chi connectivity index (χ0) is 14.3. The number of nitrogens with one attached hydrogen (secondary N) is 1. The minimum Gasteiger partial charge on any atom is -0.388 e. The van der Waals surface area contributed by atoms with Crippen LogP contribution in [0.5, 0.6) is 0 Å². The maximum Gasteiger partial charge on any atom is 0.269 e. The number of benzene rings is 1. The number of anilines is 1. The Morgan fingerprint density at radius 2 is 2.11 bits per heavy atom. The number of rotatable bonds is 8. The van der Waals surface area contributed by atoms with E-state index in [4.69, 9.17) is 0 Å². The fraction of sp³-hybridized carbons (Fsp3) is 0.571. The summed E-state index contributed by atoms with van der Waals surface area (Å²) in [4.78, 5) is 12.8. The van der Waals surface area contributed by atoms with Gasteiger partial charge in [0.25, 0.3) is 5.69 Å². The van der Waals surface area contributed by atoms with Crippen LogP contribution in [0.1, 0.15) is 32.3 Å². The van der Waals surface area contributed by atoms with Gasteiger partial charge in [0.05, 0.1) is 4.92 Å². The van der Waals surface area contributed by atoms with Crippen molar-refractivity contribution in [2.45, 2.75) is 33.2 Å². The lowest BCUT2D eigenvalue weighted by molar-refractivity contribution is -0.384. The van der Waals surface area contributed by atoms with Crippen LogP contribution in [-0.4, -0.2) is 30.0 Å². The molecule has 5 heteroatoms. The molecule has 1 rings (SSSR count). The summed E-state index contributed by atoms with van der Waals surface area (Å²) in [5.41, 5.74) is 2.09. The predicted molar refractivity (Wildman–Crippen MR) is 78.5 cm³/mol. The quantitative estimate of drug-likeness (QED) is 0.579. The zero-order valence-electron chi connectivity index (χ0n) is 12.0. The summed E-state index contributed by atoms with van der Waals surface area (Å²) < 4.78 is 0. The highest BCUT2D eigenvalue weighted by Crippen LogP contribution is 2.23. The first-order chi connectivity index (χ1) is 9.12. The topological polar surface area (TPSA) is 58.4 Å². The Kier molecular flexibility index (Phi) is 6.29. The van der Waals surface area contributed by atoms with Crippen molar-refractivity contribution in [1.29, 1.82) is 0 Å². The van der Waals surface area contributed by atoms with Gasteiger partial charge in [-0.3, -0.25) is 15.0 Å². The highest BCUT2D eigenvalue weighted by molar-refractivity contribution is 5.55. The molecule has 0 atom stereocenters. The molecule has 0 aromatic heterocycles. The molecule has 0 fully saturated rings. The SMILES string of the molecule is CCCCN(CC)Cc1cc([N+](=O)[O-])ccc1NC. The van der Waals surface area contributed by atoms with Crippen LogP contribution in [-0.2, 0) is 6.54 Å². The van der Waals surface area contributed by atoms with Crippen molar-refractivity contribution in [3.05, 3.63) is 33.9 Å². The molecule has 0 heterocycles. The molecule has 5 nitrogen and oxygen atoms in total. The summed E-state index contributed by atoms with van der Waals surface area (Å²) in [6, 6.07) is 4.99. The maximum atomic E-state index is 10.9. The van der Waals surface area contributed by atoms with Crippen molar-refractivity contribution in [3.63, 3.8) is 0 Å². The third-order valence-electron chi connectivity index (χ3n) is 3.24. The lowest BCUT2D eigenvalue weighted by Gasteiger charge is -2.21. The summed E-state index contributed by atoms with van der Waals surface area (Å²) in [7, 11) is 1.84. The van der Waals surface area contributed by atoms with Crippen molar-refractivity contribution in [1.82, 2.24) is 4.90 Å². The molecule has 0 spiro atoms. The van der Waals surface area contributed by atoms with Crippen LogP contribution in [0.3, 0.4) is 0 Å². The van der Waals surface area contributed by atoms with E-state index in [1.165, 1.54) is 6.07 Å². The Hall–Kier alpha value is -1.62. The number of nitro benzene ring substituents is 1. The molecular weight excluding hydrogens is 242 g/mol. The highest BCUT2D eigenvalue weighted by Gasteiger charge is 2.12. The van der Waals surface area contributed by atoms with Gasteiger partial charge in [-0.1, -0.05) is 20.3 Å². The number of nitrogens with zero attached hydrogens (tertiary/aromatic N) is 2. The smallest absolute Gasteiger partial charge is 0.269 e. The van der Waals surface area contributed by atoms with E-state index in [2.05, 4.69) is 24.1 Å². The number of hydrogen-bond donors (Lipinski definition) is 1. The van der Waals surface area contributed by atoms with E-state index in [0.29, 0.717) is 0 Å². The Balaban J connectivity index is 2.89. The molecule has 1 aromatic carbocycles. The van der Waals surface area contributed by atoms with E-state index >= 15 is 0 Å². The molecular formula is C14H23N3O2. The lowest BCUT2D eigenvalue weighted by Crippen LogP contribution is -2.24. The van der Waals surface area contributed by atoms with Crippen LogP contribution in [0.2, 0.25) is 0 Å². The number of nitro groups is 1. The molecule has 0 aliphatic carbocycles. The average Bonchev–Trinajstić information content (AvgIpc) is 2.43. The maximum absolute atomic E-state index is 10.9. The molecule has 1 N–H and O–H groups in total. The van der Waals surface area contributed by atoms with Gasteiger partial charge in [0.1, 0.15) is 0 Å². The molecule has 0 radical (unpaired) electrons. The van der Waals surface area contributed by atoms with Crippen LogP contribution < -0.4 is 5.32 Å². The van der Waals surface area contributed by atoms with Crippen LogP contribution >= 0.6 is 0 Å². The fourth-order valence-corrected chi connectivity index (χ4v) is 2.04. The van der Waals surface area contributed by atoms with Gasteiger partial charge in [-0.2, -0.15) is 0 Å². The minimum absolute atomic E-state index is 0.153. The number of unbranched alkanes of at least 4 members (excludes halogenated alkanes) is 1. The molecule has 19 heavy (non-hydrogen) atoms. The van der Waals surface area contributed by atoms with E-state index in [0.717, 1.165) is 43.7 Å². The Morgan fingerprint density at radius 3 is 2.63 bits per heavy atom. The summed E-state index contributed by atoms with van der Waals surface area (Å²) >= 11 is 0. The highest BCUT2D eigenvalue weighted by atomic mass is 16.6. The fourth-order valence-electron chi connectivity index (χ4n) is 2.04. The van der Waals surface area contributed by atoms with Crippen molar-refractivity contribution in [3.8, 4) is 0 Å². The monoisotopic (exact) mass is 265 g/mol. The third-order valence-corrected chi connectivity index (χ3v) is 3.24. The van der Waals surface area contributed by atoms with E-state index in [9.17, 15) is 10.1 Å². The average molecular weight is 265 g/mol. The first-order valence-corrected chi connectivity index (χ1v) is 6.79. The first kappa shape index (κ1) is 15.4. The summed E-state index contributed by atoms with van der Waals surface area (Å²) in [5, 5.41) is 13.9. The van der Waals surface area contributed by atoms with Crippen molar-refractivity contribution in [2.24, 2.45) is 0 Å². The minimum atomic E-state index is -0.342. The Labute approximate surface area is 114 Å². The molecule has 0 amide bonds. The zero-order valence-corrected chi connectivity index (χ0v) is 12.0. The van der Waals surface area contributed by atoms with Crippen molar-refractivity contribution >= 4 is 11.4 Å². The molecule has 0 saturated carbocycles. The van der Waals surface area contributed by atoms with Gasteiger partial charge in [0, 0.05) is 31.4 Å². The van der Waals surface area contributed by atoms with Crippen LogP contribution in [0.4, 0.5) is 11.4 Å². The van der Waals surface area contributed by atoms with Crippen LogP contribution in [0.15, 0.2) is 18.2 Å². The van der Waals surface area contributed by atoms with Gasteiger partial charge >= 0.3 is 0 Å². The molecule has 0 aliphatic rings. The Bertz CT molecular complexity index is 421. The normalized spacial score (nSPS) is 10.7. The van der Waals surface area contributed by atoms with Crippen LogP contribution in [0, 0.1) is 10.1 Å². The largest absolute Gasteiger partial charge is 0.388 e. The van der Waals surface area contributed by atoms with Gasteiger partial charge in [0.15, 0.2) is 0 Å². The van der Waals surface area contributed by atoms with Gasteiger partial charge in [-0.25, -0.2) is 0 Å². The van der Waals surface area contributed by atoms with Crippen LogP contribution in [0.25, 0.3) is 0 Å². The predicted octanol–water partition coefficient (Wildman–Crippen LogP) is 3.26. The third kappa shape index (κ3) is 4.52. The molecule has 106 valence electrons. The molecule has 0 bridgehead atoms. The van der Waals surface area contributed by atoms with Gasteiger partial charge < -0.3 is 5.32 Å². The van der Waals surface area contributed by atoms with E-state index in [1.807, 2.05) is 7.05 Å². The molecule has 0 saturated heterocycles. The summed E-state index contributed by atoms with van der Waals surface area (Å²) in [6.07, 6.45) is 2.31. The van der Waals surface area contributed by atoms with Crippen molar-refractivity contribution < 1.29 is 4.92 Å². The van der Waals surface area contributed by atoms with E-state index in [-0.39, 0.29) is 10.6 Å². The number of non-ortho nitro benzene ring substituents is 1. The first-order valence-electron chi connectivity index (χ1n) is 6.79. The Morgan fingerprint density at radius 1 is 1.37 bits per heavy atom. The van der Waals surface area contributed by atoms with Gasteiger partial charge in [-0.15, -0.1) is 0 Å². The standard InChI is InChI=1S/C14H23N3O2/c1-4-6-9-16(5-2)11-12-10-13(17(18)19)7-8-14(12)15-3/h7-8,10,15H,4-6,9,11H2,1-3H3. The van der Waals surface area contributed by atoms with E-state index < -0.39 is 0 Å². The van der Waals surface area contributed by atoms with Crippen molar-refractivity contribution in [2.75, 3.05) is 25.5 Å². The van der Waals surface area contributed by atoms with Gasteiger partial charge in [0.2, 0.25) is 0 Å². The summed E-state index contributed by atoms with van der Waals surface area (Å²) in [5.74, 6) is 0. The second-order valence-corrected chi connectivity index (χ2v) is 4.57. The van der Waals surface area contributed by atoms with E-state index in [1.54, 1.807) is 12.1 Å². The second kappa shape index (κ2) is 7.74. The second-order valence-electron chi connectivity index (χ2n) is 4.57. The molecule has 1 aromatic rings. The lowest BCUT2D eigenvalue weighted by atomic mass is 10.1. The van der Waals surface area contributed by atoms with Gasteiger partial charge in [-0.05, 0) is 31.1 Å². The number of hydrogen-bond acceptors (Lipinski definition) is 4.